The minimum Gasteiger partial charge on any atom is -0.465 e. The lowest BCUT2D eigenvalue weighted by molar-refractivity contribution is 0.0555. The predicted molar refractivity (Wildman–Crippen MR) is 61.5 cm³/mol. The first-order valence-corrected chi connectivity index (χ1v) is 4.62. The van der Waals surface area contributed by atoms with Gasteiger partial charge in [-0.3, -0.25) is 0 Å². The van der Waals surface area contributed by atoms with Crippen molar-refractivity contribution in [2.24, 2.45) is 0 Å². The number of hydrogen-bond donors (Lipinski definition) is 1. The van der Waals surface area contributed by atoms with Crippen LogP contribution >= 0.6 is 0 Å². The van der Waals surface area contributed by atoms with Crippen molar-refractivity contribution in [2.75, 3.05) is 20.0 Å². The molecule has 0 aliphatic carbocycles. The molecule has 5 nitrogen and oxygen atoms in total. The first kappa shape index (κ1) is 12.6. The zero-order valence-corrected chi connectivity index (χ0v) is 9.44. The summed E-state index contributed by atoms with van der Waals surface area (Å²) < 4.78 is 9.10. The summed E-state index contributed by atoms with van der Waals surface area (Å²) in [5.41, 5.74) is 6.23. The molecule has 0 unspecified atom stereocenters. The number of carbonyl (C=O) groups excluding carboxylic acids is 2. The smallest absolute Gasteiger partial charge is 0.338 e. The standard InChI is InChI=1S/C12H11NO4/c1-4-7-5-8(11(14)16-2)9(6-10(7)13)12(15)17-3/h1,5-6H,13H2,2-3H3. The van der Waals surface area contributed by atoms with E-state index < -0.39 is 11.9 Å². The molecule has 0 aliphatic heterocycles. The normalized spacial score (nSPS) is 9.24. The summed E-state index contributed by atoms with van der Waals surface area (Å²) in [6, 6.07) is 2.63. The van der Waals surface area contributed by atoms with Gasteiger partial charge in [0.1, 0.15) is 0 Å². The summed E-state index contributed by atoms with van der Waals surface area (Å²) in [7, 11) is 2.41. The summed E-state index contributed by atoms with van der Waals surface area (Å²) in [5.74, 6) is 0.955. The highest BCUT2D eigenvalue weighted by atomic mass is 16.5. The van der Waals surface area contributed by atoms with Crippen LogP contribution in [-0.2, 0) is 9.47 Å². The van der Waals surface area contributed by atoms with Crippen molar-refractivity contribution in [3.63, 3.8) is 0 Å². The molecule has 1 rings (SSSR count). The van der Waals surface area contributed by atoms with Crippen molar-refractivity contribution in [1.29, 1.82) is 0 Å². The van der Waals surface area contributed by atoms with Crippen LogP contribution in [0.3, 0.4) is 0 Å². The van der Waals surface area contributed by atoms with Crippen LogP contribution in [0.25, 0.3) is 0 Å². The van der Waals surface area contributed by atoms with Gasteiger partial charge in [-0.25, -0.2) is 9.59 Å². The van der Waals surface area contributed by atoms with Crippen molar-refractivity contribution >= 4 is 17.6 Å². The first-order valence-electron chi connectivity index (χ1n) is 4.62. The van der Waals surface area contributed by atoms with E-state index in [1.54, 1.807) is 0 Å². The summed E-state index contributed by atoms with van der Waals surface area (Å²) in [4.78, 5) is 23.0. The molecule has 1 aromatic rings. The predicted octanol–water partition coefficient (Wildman–Crippen LogP) is 0.823. The number of carbonyl (C=O) groups is 2. The Kier molecular flexibility index (Phi) is 3.73. The summed E-state index contributed by atoms with van der Waals surface area (Å²) >= 11 is 0. The monoisotopic (exact) mass is 233 g/mol. The Morgan fingerprint density at radius 3 is 2.06 bits per heavy atom. The van der Waals surface area contributed by atoms with E-state index in [9.17, 15) is 9.59 Å². The number of hydrogen-bond acceptors (Lipinski definition) is 5. The van der Waals surface area contributed by atoms with Gasteiger partial charge in [0.25, 0.3) is 0 Å². The van der Waals surface area contributed by atoms with Crippen molar-refractivity contribution in [3.8, 4) is 12.3 Å². The third-order valence-electron chi connectivity index (χ3n) is 2.16. The van der Waals surface area contributed by atoms with Gasteiger partial charge in [0.2, 0.25) is 0 Å². The van der Waals surface area contributed by atoms with E-state index in [-0.39, 0.29) is 16.8 Å². The van der Waals surface area contributed by atoms with Gasteiger partial charge >= 0.3 is 11.9 Å². The van der Waals surface area contributed by atoms with E-state index in [1.807, 2.05) is 0 Å². The van der Waals surface area contributed by atoms with Crippen LogP contribution in [0.4, 0.5) is 5.69 Å². The maximum absolute atomic E-state index is 11.5. The Labute approximate surface area is 98.5 Å². The number of rotatable bonds is 2. The lowest BCUT2D eigenvalue weighted by Crippen LogP contribution is -2.13. The first-order chi connectivity index (χ1) is 8.04. The number of methoxy groups -OCH3 is 2. The second-order valence-electron chi connectivity index (χ2n) is 3.11. The number of anilines is 1. The summed E-state index contributed by atoms with van der Waals surface area (Å²) in [6.45, 7) is 0. The largest absolute Gasteiger partial charge is 0.465 e. The molecule has 5 heteroatoms. The van der Waals surface area contributed by atoms with E-state index in [4.69, 9.17) is 12.2 Å². The van der Waals surface area contributed by atoms with Gasteiger partial charge in [-0.05, 0) is 12.1 Å². The summed E-state index contributed by atoms with van der Waals surface area (Å²) in [6.07, 6.45) is 5.22. The van der Waals surface area contributed by atoms with Crippen LogP contribution in [0.5, 0.6) is 0 Å². The van der Waals surface area contributed by atoms with Gasteiger partial charge < -0.3 is 15.2 Å². The van der Waals surface area contributed by atoms with Crippen LogP contribution in [0.2, 0.25) is 0 Å². The number of esters is 2. The fraction of sp³-hybridized carbons (Fsp3) is 0.167. The maximum Gasteiger partial charge on any atom is 0.338 e. The Bertz CT molecular complexity index is 514. The van der Waals surface area contributed by atoms with Crippen LogP contribution in [-0.4, -0.2) is 26.2 Å². The van der Waals surface area contributed by atoms with Gasteiger partial charge in [0.15, 0.2) is 0 Å². The average molecular weight is 233 g/mol. The van der Waals surface area contributed by atoms with Crippen molar-refractivity contribution in [3.05, 3.63) is 28.8 Å². The van der Waals surface area contributed by atoms with Gasteiger partial charge in [0.05, 0.1) is 25.3 Å². The van der Waals surface area contributed by atoms with Crippen molar-refractivity contribution < 1.29 is 19.1 Å². The fourth-order valence-electron chi connectivity index (χ4n) is 1.30. The van der Waals surface area contributed by atoms with Gasteiger partial charge in [-0.2, -0.15) is 0 Å². The molecular formula is C12H11NO4. The molecule has 88 valence electrons. The Morgan fingerprint density at radius 2 is 1.65 bits per heavy atom. The second-order valence-corrected chi connectivity index (χ2v) is 3.11. The van der Waals surface area contributed by atoms with E-state index in [0.29, 0.717) is 5.56 Å². The van der Waals surface area contributed by atoms with Gasteiger partial charge in [0, 0.05) is 11.3 Å². The molecule has 17 heavy (non-hydrogen) atoms. The third kappa shape index (κ3) is 2.37. The number of nitrogen functional groups attached to an aromatic ring is 1. The molecule has 0 saturated heterocycles. The third-order valence-corrected chi connectivity index (χ3v) is 2.16. The molecule has 0 spiro atoms. The van der Waals surface area contributed by atoms with Crippen LogP contribution in [0.1, 0.15) is 26.3 Å². The van der Waals surface area contributed by atoms with E-state index in [1.165, 1.54) is 26.4 Å². The minimum atomic E-state index is -0.680. The van der Waals surface area contributed by atoms with E-state index in [0.717, 1.165) is 0 Å². The quantitative estimate of drug-likeness (QED) is 0.465. The van der Waals surface area contributed by atoms with Crippen LogP contribution < -0.4 is 5.73 Å². The van der Waals surface area contributed by atoms with E-state index >= 15 is 0 Å². The van der Waals surface area contributed by atoms with Gasteiger partial charge in [-0.1, -0.05) is 5.92 Å². The number of ether oxygens (including phenoxy) is 2. The number of terminal acetylenes is 1. The molecule has 0 saturated carbocycles. The average Bonchev–Trinajstić information content (AvgIpc) is 2.36. The van der Waals surface area contributed by atoms with Crippen molar-refractivity contribution in [2.45, 2.75) is 0 Å². The molecule has 0 bridgehead atoms. The zero-order valence-electron chi connectivity index (χ0n) is 9.44. The SMILES string of the molecule is C#Cc1cc(C(=O)OC)c(C(=O)OC)cc1N. The lowest BCUT2D eigenvalue weighted by atomic mass is 10.0. The molecule has 2 N–H and O–H groups in total. The van der Waals surface area contributed by atoms with Crippen LogP contribution in [0.15, 0.2) is 12.1 Å². The fourth-order valence-corrected chi connectivity index (χ4v) is 1.30. The maximum atomic E-state index is 11.5. The molecule has 0 radical (unpaired) electrons. The van der Waals surface area contributed by atoms with Crippen LogP contribution in [0, 0.1) is 12.3 Å². The second kappa shape index (κ2) is 5.03. The zero-order chi connectivity index (χ0) is 13.0. The molecule has 0 amide bonds. The lowest BCUT2D eigenvalue weighted by Gasteiger charge is -2.08. The van der Waals surface area contributed by atoms with E-state index in [2.05, 4.69) is 15.4 Å². The minimum absolute atomic E-state index is 0.0239. The molecule has 0 heterocycles. The highest BCUT2D eigenvalue weighted by molar-refractivity contribution is 6.04. The molecule has 0 aromatic heterocycles. The Morgan fingerprint density at radius 1 is 1.18 bits per heavy atom. The highest BCUT2D eigenvalue weighted by Gasteiger charge is 2.20. The molecule has 0 aliphatic rings. The van der Waals surface area contributed by atoms with Crippen molar-refractivity contribution in [1.82, 2.24) is 0 Å². The summed E-state index contributed by atoms with van der Waals surface area (Å²) in [5, 5.41) is 0. The molecule has 1 aromatic carbocycles. The molecular weight excluding hydrogens is 222 g/mol. The Hall–Kier alpha value is -2.48. The van der Waals surface area contributed by atoms with Gasteiger partial charge in [-0.15, -0.1) is 6.42 Å². The molecule has 0 fully saturated rings. The number of nitrogens with two attached hydrogens (primary N) is 1. The topological polar surface area (TPSA) is 78.6 Å². The molecule has 0 atom stereocenters. The number of benzene rings is 1. The highest BCUT2D eigenvalue weighted by Crippen LogP contribution is 2.20. The Balaban J connectivity index is 3.48.